The number of rotatable bonds is 5. The summed E-state index contributed by atoms with van der Waals surface area (Å²) in [5, 5.41) is 2.82. The molecule has 3 heterocycles. The monoisotopic (exact) mass is 439 g/mol. The molecule has 2 aromatic carbocycles. The van der Waals surface area contributed by atoms with Crippen LogP contribution in [0.4, 0.5) is 11.4 Å². The molecular weight excluding hydrogens is 418 g/mol. The summed E-state index contributed by atoms with van der Waals surface area (Å²) >= 11 is 0. The number of nitrogens with zero attached hydrogens (tertiary/aromatic N) is 2. The number of nitrogens with one attached hydrogen (secondary N) is 1. The minimum absolute atomic E-state index is 0.0747. The molecule has 0 spiro atoms. The van der Waals surface area contributed by atoms with Crippen molar-refractivity contribution in [2.45, 2.75) is 13.0 Å². The molecular formula is C26H21N3O4. The zero-order valence-electron chi connectivity index (χ0n) is 17.7. The second-order valence-corrected chi connectivity index (χ2v) is 7.86. The topological polar surface area (TPSA) is 84.6 Å². The summed E-state index contributed by atoms with van der Waals surface area (Å²) in [5.74, 6) is -0.589. The average molecular weight is 439 g/mol. The predicted molar refractivity (Wildman–Crippen MR) is 125 cm³/mol. The number of aromatic nitrogens is 1. The Bertz CT molecular complexity index is 1370. The second kappa shape index (κ2) is 8.63. The van der Waals surface area contributed by atoms with Gasteiger partial charge in [0.15, 0.2) is 0 Å². The summed E-state index contributed by atoms with van der Waals surface area (Å²) in [6, 6.07) is 19.9. The molecule has 33 heavy (non-hydrogen) atoms. The summed E-state index contributed by atoms with van der Waals surface area (Å²) in [4.78, 5) is 40.1. The van der Waals surface area contributed by atoms with Gasteiger partial charge >= 0.3 is 0 Å². The second-order valence-electron chi connectivity index (χ2n) is 7.86. The Morgan fingerprint density at radius 1 is 1.00 bits per heavy atom. The van der Waals surface area contributed by atoms with E-state index in [9.17, 15) is 14.4 Å². The van der Waals surface area contributed by atoms with Gasteiger partial charge in [-0.2, -0.15) is 0 Å². The smallest absolute Gasteiger partial charge is 0.263 e. The molecule has 0 fully saturated rings. The normalized spacial score (nSPS) is 12.4. The van der Waals surface area contributed by atoms with Crippen LogP contribution in [0.2, 0.25) is 0 Å². The molecule has 1 aliphatic heterocycles. The quantitative estimate of drug-likeness (QED) is 0.510. The largest absolute Gasteiger partial charge is 0.472 e. The van der Waals surface area contributed by atoms with Crippen molar-refractivity contribution in [1.82, 2.24) is 4.57 Å². The summed E-state index contributed by atoms with van der Waals surface area (Å²) in [5.41, 5.74) is 3.54. The van der Waals surface area contributed by atoms with E-state index in [1.54, 1.807) is 29.3 Å². The van der Waals surface area contributed by atoms with Crippen LogP contribution in [0.3, 0.4) is 0 Å². The van der Waals surface area contributed by atoms with Crippen LogP contribution < -0.4 is 15.8 Å². The van der Waals surface area contributed by atoms with Gasteiger partial charge in [-0.05, 0) is 53.9 Å². The van der Waals surface area contributed by atoms with Crippen molar-refractivity contribution in [3.63, 3.8) is 0 Å². The third-order valence-corrected chi connectivity index (χ3v) is 5.71. The van der Waals surface area contributed by atoms with E-state index < -0.39 is 5.91 Å². The van der Waals surface area contributed by atoms with Gasteiger partial charge in [0.25, 0.3) is 17.4 Å². The van der Waals surface area contributed by atoms with E-state index in [0.717, 1.165) is 16.8 Å². The molecule has 164 valence electrons. The van der Waals surface area contributed by atoms with Crippen LogP contribution in [-0.4, -0.2) is 22.9 Å². The SMILES string of the molecule is O=C(Nc1ccc2c(c1)CCN2C(=O)c1ccoc1)c1cccn(Cc2ccccc2)c1=O. The van der Waals surface area contributed by atoms with E-state index in [2.05, 4.69) is 5.32 Å². The maximum absolute atomic E-state index is 12.9. The van der Waals surface area contributed by atoms with Gasteiger partial charge in [-0.15, -0.1) is 0 Å². The van der Waals surface area contributed by atoms with Gasteiger partial charge in [0.1, 0.15) is 11.8 Å². The highest BCUT2D eigenvalue weighted by Crippen LogP contribution is 2.31. The van der Waals surface area contributed by atoms with Crippen molar-refractivity contribution in [3.05, 3.63) is 118 Å². The minimum atomic E-state index is -0.466. The number of hydrogen-bond acceptors (Lipinski definition) is 4. The van der Waals surface area contributed by atoms with Crippen LogP contribution in [0.15, 0.2) is 94.7 Å². The lowest BCUT2D eigenvalue weighted by Crippen LogP contribution is -2.29. The van der Waals surface area contributed by atoms with Crippen LogP contribution in [0.5, 0.6) is 0 Å². The molecule has 0 saturated carbocycles. The van der Waals surface area contributed by atoms with Crippen LogP contribution in [0, 0.1) is 0 Å². The number of carbonyl (C=O) groups excluding carboxylic acids is 2. The number of anilines is 2. The highest BCUT2D eigenvalue weighted by molar-refractivity contribution is 6.08. The lowest BCUT2D eigenvalue weighted by Gasteiger charge is -2.16. The first-order valence-electron chi connectivity index (χ1n) is 10.6. The Morgan fingerprint density at radius 2 is 1.85 bits per heavy atom. The standard InChI is InChI=1S/C26H21N3O4/c30-24(22-7-4-12-28(26(22)32)16-18-5-2-1-3-6-18)27-21-8-9-23-19(15-21)10-13-29(23)25(31)20-11-14-33-17-20/h1-9,11-12,14-15,17H,10,13,16H2,(H,27,30). The lowest BCUT2D eigenvalue weighted by atomic mass is 10.1. The highest BCUT2D eigenvalue weighted by atomic mass is 16.3. The summed E-state index contributed by atoms with van der Waals surface area (Å²) in [7, 11) is 0. The summed E-state index contributed by atoms with van der Waals surface area (Å²) in [6.45, 7) is 0.944. The molecule has 2 amide bonds. The zero-order chi connectivity index (χ0) is 22.8. The maximum atomic E-state index is 12.9. The van der Waals surface area contributed by atoms with Crippen LogP contribution in [0.1, 0.15) is 31.8 Å². The van der Waals surface area contributed by atoms with E-state index in [1.165, 1.54) is 23.2 Å². The minimum Gasteiger partial charge on any atom is -0.472 e. The zero-order valence-corrected chi connectivity index (χ0v) is 17.7. The first-order valence-corrected chi connectivity index (χ1v) is 10.6. The first-order chi connectivity index (χ1) is 16.1. The molecule has 0 unspecified atom stereocenters. The van der Waals surface area contributed by atoms with Crippen molar-refractivity contribution in [2.24, 2.45) is 0 Å². The first kappa shape index (κ1) is 20.5. The molecule has 4 aromatic rings. The molecule has 0 aliphatic carbocycles. The van der Waals surface area contributed by atoms with Gasteiger partial charge in [-0.3, -0.25) is 14.4 Å². The van der Waals surface area contributed by atoms with E-state index in [-0.39, 0.29) is 17.0 Å². The van der Waals surface area contributed by atoms with E-state index in [1.807, 2.05) is 42.5 Å². The van der Waals surface area contributed by atoms with Gasteiger partial charge in [0, 0.05) is 24.1 Å². The summed E-state index contributed by atoms with van der Waals surface area (Å²) < 4.78 is 6.54. The van der Waals surface area contributed by atoms with Gasteiger partial charge in [0.05, 0.1) is 18.4 Å². The number of fused-ring (bicyclic) bond motifs is 1. The average Bonchev–Trinajstić information content (AvgIpc) is 3.51. The molecule has 0 saturated heterocycles. The van der Waals surface area contributed by atoms with Crippen molar-refractivity contribution in [2.75, 3.05) is 16.8 Å². The Balaban J connectivity index is 1.33. The van der Waals surface area contributed by atoms with Crippen molar-refractivity contribution < 1.29 is 14.0 Å². The van der Waals surface area contributed by atoms with Crippen LogP contribution >= 0.6 is 0 Å². The Labute approximate surface area is 189 Å². The number of furan rings is 1. The Kier molecular flexibility index (Phi) is 5.36. The number of hydrogen-bond donors (Lipinski definition) is 1. The number of pyridine rings is 1. The third kappa shape index (κ3) is 4.08. The summed E-state index contributed by atoms with van der Waals surface area (Å²) in [6.07, 6.45) is 5.25. The molecule has 0 atom stereocenters. The van der Waals surface area contributed by atoms with E-state index in [0.29, 0.717) is 30.8 Å². The Hall–Kier alpha value is -4.39. The molecule has 2 aromatic heterocycles. The van der Waals surface area contributed by atoms with Gasteiger partial charge in [-0.1, -0.05) is 30.3 Å². The van der Waals surface area contributed by atoms with Gasteiger partial charge in [0.2, 0.25) is 0 Å². The van der Waals surface area contributed by atoms with E-state index >= 15 is 0 Å². The molecule has 1 aliphatic rings. The fraction of sp³-hybridized carbons (Fsp3) is 0.115. The molecule has 1 N–H and O–H groups in total. The van der Waals surface area contributed by atoms with Crippen LogP contribution in [0.25, 0.3) is 0 Å². The molecule has 5 rings (SSSR count). The van der Waals surface area contributed by atoms with Gasteiger partial charge < -0.3 is 19.2 Å². The Morgan fingerprint density at radius 3 is 2.64 bits per heavy atom. The highest BCUT2D eigenvalue weighted by Gasteiger charge is 2.26. The molecule has 7 heteroatoms. The molecule has 0 radical (unpaired) electrons. The lowest BCUT2D eigenvalue weighted by molar-refractivity contribution is 0.0986. The number of benzene rings is 2. The van der Waals surface area contributed by atoms with Crippen molar-refractivity contribution in [1.29, 1.82) is 0 Å². The fourth-order valence-corrected chi connectivity index (χ4v) is 4.05. The van der Waals surface area contributed by atoms with Gasteiger partial charge in [-0.25, -0.2) is 0 Å². The fourth-order valence-electron chi connectivity index (χ4n) is 4.05. The molecule has 7 nitrogen and oxygen atoms in total. The van der Waals surface area contributed by atoms with Crippen molar-refractivity contribution >= 4 is 23.2 Å². The third-order valence-electron chi connectivity index (χ3n) is 5.71. The van der Waals surface area contributed by atoms with E-state index in [4.69, 9.17) is 4.42 Å². The number of carbonyl (C=O) groups is 2. The van der Waals surface area contributed by atoms with Crippen molar-refractivity contribution in [3.8, 4) is 0 Å². The van der Waals surface area contributed by atoms with Crippen LogP contribution in [-0.2, 0) is 13.0 Å². The maximum Gasteiger partial charge on any atom is 0.263 e. The molecule has 0 bridgehead atoms. The number of amides is 2. The predicted octanol–water partition coefficient (Wildman–Crippen LogP) is 3.94.